The van der Waals surface area contributed by atoms with Crippen LogP contribution in [0.15, 0.2) is 54.9 Å². The largest absolute Gasteiger partial charge is 0.507 e. The zero-order chi connectivity index (χ0) is 19.3. The highest BCUT2D eigenvalue weighted by Gasteiger charge is 2.22. The minimum Gasteiger partial charge on any atom is -0.507 e. The van der Waals surface area contributed by atoms with Crippen molar-refractivity contribution >= 4 is 5.82 Å². The molecule has 0 aliphatic carbocycles. The maximum absolute atomic E-state index is 10.2. The second-order valence-electron chi connectivity index (χ2n) is 7.09. The Labute approximate surface area is 164 Å². The van der Waals surface area contributed by atoms with Gasteiger partial charge >= 0.3 is 0 Å². The number of nitrogens with zero attached hydrogens (tertiary/aromatic N) is 4. The molecule has 3 aromatic rings. The standard InChI is InChI=1S/C22H24N4O2/c1-16-12-21(25-22(24-16)19-8-2-3-9-20(19)27)26-11-5-7-18(14-26)28-15-17-6-4-10-23-13-17/h2-4,6,8-10,12-13,18,27H,5,7,11,14-15H2,1H3. The lowest BCUT2D eigenvalue weighted by Crippen LogP contribution is -2.40. The third-order valence-corrected chi connectivity index (χ3v) is 4.90. The summed E-state index contributed by atoms with van der Waals surface area (Å²) < 4.78 is 6.12. The van der Waals surface area contributed by atoms with Gasteiger partial charge in [-0.25, -0.2) is 9.97 Å². The van der Waals surface area contributed by atoms with Crippen molar-refractivity contribution in [3.8, 4) is 17.1 Å². The Kier molecular flexibility index (Phi) is 5.48. The van der Waals surface area contributed by atoms with Crippen LogP contribution in [-0.4, -0.2) is 39.3 Å². The van der Waals surface area contributed by atoms with Crippen LogP contribution in [0.1, 0.15) is 24.1 Å². The fourth-order valence-electron chi connectivity index (χ4n) is 3.48. The van der Waals surface area contributed by atoms with Gasteiger partial charge in [-0.15, -0.1) is 0 Å². The number of phenols is 1. The molecule has 1 aliphatic rings. The van der Waals surface area contributed by atoms with Crippen molar-refractivity contribution in [1.82, 2.24) is 15.0 Å². The Morgan fingerprint density at radius 3 is 2.89 bits per heavy atom. The third kappa shape index (κ3) is 4.28. The molecule has 1 aliphatic heterocycles. The predicted molar refractivity (Wildman–Crippen MR) is 108 cm³/mol. The summed E-state index contributed by atoms with van der Waals surface area (Å²) in [5.74, 6) is 1.61. The van der Waals surface area contributed by atoms with Crippen LogP contribution >= 0.6 is 0 Å². The highest BCUT2D eigenvalue weighted by atomic mass is 16.5. The van der Waals surface area contributed by atoms with Gasteiger partial charge in [0.05, 0.1) is 18.3 Å². The molecule has 1 unspecified atom stereocenters. The van der Waals surface area contributed by atoms with E-state index in [1.165, 1.54) is 0 Å². The summed E-state index contributed by atoms with van der Waals surface area (Å²) in [5, 5.41) is 10.2. The van der Waals surface area contributed by atoms with Crippen molar-refractivity contribution in [1.29, 1.82) is 0 Å². The molecule has 6 nitrogen and oxygen atoms in total. The molecule has 0 radical (unpaired) electrons. The molecule has 1 fully saturated rings. The van der Waals surface area contributed by atoms with E-state index in [0.717, 1.165) is 43.0 Å². The molecule has 1 saturated heterocycles. The first kappa shape index (κ1) is 18.4. The summed E-state index contributed by atoms with van der Waals surface area (Å²) in [6.45, 7) is 4.24. The van der Waals surface area contributed by atoms with Crippen LogP contribution in [-0.2, 0) is 11.3 Å². The normalized spacial score (nSPS) is 16.9. The van der Waals surface area contributed by atoms with Crippen molar-refractivity contribution in [2.45, 2.75) is 32.5 Å². The van der Waals surface area contributed by atoms with Crippen LogP contribution < -0.4 is 4.90 Å². The number of aromatic hydroxyl groups is 1. The second-order valence-corrected chi connectivity index (χ2v) is 7.09. The highest BCUT2D eigenvalue weighted by molar-refractivity contribution is 5.65. The maximum Gasteiger partial charge on any atom is 0.165 e. The van der Waals surface area contributed by atoms with Gasteiger partial charge in [0.2, 0.25) is 0 Å². The van der Waals surface area contributed by atoms with Crippen molar-refractivity contribution in [3.05, 3.63) is 66.1 Å². The lowest BCUT2D eigenvalue weighted by Gasteiger charge is -2.33. The summed E-state index contributed by atoms with van der Waals surface area (Å²) in [6.07, 6.45) is 5.84. The molecule has 0 bridgehead atoms. The summed E-state index contributed by atoms with van der Waals surface area (Å²) in [7, 11) is 0. The van der Waals surface area contributed by atoms with E-state index in [0.29, 0.717) is 18.0 Å². The van der Waals surface area contributed by atoms with Gasteiger partial charge in [-0.2, -0.15) is 0 Å². The number of hydrogen-bond donors (Lipinski definition) is 1. The number of aryl methyl sites for hydroxylation is 1. The molecular formula is C22H24N4O2. The second kappa shape index (κ2) is 8.35. The van der Waals surface area contributed by atoms with Crippen molar-refractivity contribution in [3.63, 3.8) is 0 Å². The first-order chi connectivity index (χ1) is 13.7. The number of phenolic OH excluding ortho intramolecular Hbond substituents is 1. The van der Waals surface area contributed by atoms with Gasteiger partial charge in [0.25, 0.3) is 0 Å². The Bertz CT molecular complexity index is 933. The Morgan fingerprint density at radius 1 is 1.18 bits per heavy atom. The van der Waals surface area contributed by atoms with E-state index < -0.39 is 0 Å². The molecule has 0 amide bonds. The molecule has 28 heavy (non-hydrogen) atoms. The number of para-hydroxylation sites is 1. The lowest BCUT2D eigenvalue weighted by atomic mass is 10.1. The van der Waals surface area contributed by atoms with E-state index in [4.69, 9.17) is 9.72 Å². The molecule has 6 heteroatoms. The molecule has 0 saturated carbocycles. The summed E-state index contributed by atoms with van der Waals surface area (Å²) in [6, 6.07) is 13.1. The highest BCUT2D eigenvalue weighted by Crippen LogP contribution is 2.28. The van der Waals surface area contributed by atoms with Crippen LogP contribution in [0.25, 0.3) is 11.4 Å². The Balaban J connectivity index is 1.50. The van der Waals surface area contributed by atoms with Crippen LogP contribution in [0.2, 0.25) is 0 Å². The Hall–Kier alpha value is -2.99. The van der Waals surface area contributed by atoms with Crippen molar-refractivity contribution < 1.29 is 9.84 Å². The Morgan fingerprint density at radius 2 is 2.07 bits per heavy atom. The average molecular weight is 376 g/mol. The van der Waals surface area contributed by atoms with Crippen LogP contribution in [0.4, 0.5) is 5.82 Å². The third-order valence-electron chi connectivity index (χ3n) is 4.90. The number of benzene rings is 1. The van der Waals surface area contributed by atoms with E-state index in [2.05, 4.69) is 14.9 Å². The van der Waals surface area contributed by atoms with Gasteiger partial charge in [-0.3, -0.25) is 4.98 Å². The number of rotatable bonds is 5. The fraction of sp³-hybridized carbons (Fsp3) is 0.318. The molecule has 1 atom stereocenters. The SMILES string of the molecule is Cc1cc(N2CCCC(OCc3cccnc3)C2)nc(-c2ccccc2O)n1. The smallest absolute Gasteiger partial charge is 0.165 e. The maximum atomic E-state index is 10.2. The summed E-state index contributed by atoms with van der Waals surface area (Å²) in [4.78, 5) is 15.6. The number of anilines is 1. The van der Waals surface area contributed by atoms with E-state index in [-0.39, 0.29) is 11.9 Å². The number of ether oxygens (including phenoxy) is 1. The first-order valence-electron chi connectivity index (χ1n) is 9.58. The molecule has 144 valence electrons. The monoisotopic (exact) mass is 376 g/mol. The van der Waals surface area contributed by atoms with E-state index in [1.54, 1.807) is 18.3 Å². The van der Waals surface area contributed by atoms with Gasteiger partial charge in [-0.05, 0) is 43.5 Å². The fourth-order valence-corrected chi connectivity index (χ4v) is 3.48. The zero-order valence-corrected chi connectivity index (χ0v) is 16.0. The number of aromatic nitrogens is 3. The molecular weight excluding hydrogens is 352 g/mol. The van der Waals surface area contributed by atoms with Crippen molar-refractivity contribution in [2.24, 2.45) is 0 Å². The number of piperidine rings is 1. The van der Waals surface area contributed by atoms with Crippen LogP contribution in [0, 0.1) is 6.92 Å². The zero-order valence-electron chi connectivity index (χ0n) is 16.0. The molecule has 3 heterocycles. The van der Waals surface area contributed by atoms with Gasteiger partial charge in [-0.1, -0.05) is 18.2 Å². The topological polar surface area (TPSA) is 71.4 Å². The summed E-state index contributed by atoms with van der Waals surface area (Å²) in [5.41, 5.74) is 2.61. The minimum absolute atomic E-state index is 0.151. The molecule has 4 rings (SSSR count). The van der Waals surface area contributed by atoms with Crippen molar-refractivity contribution in [2.75, 3.05) is 18.0 Å². The number of pyridine rings is 1. The molecule has 1 N–H and O–H groups in total. The minimum atomic E-state index is 0.151. The number of hydrogen-bond acceptors (Lipinski definition) is 6. The first-order valence-corrected chi connectivity index (χ1v) is 9.58. The average Bonchev–Trinajstić information content (AvgIpc) is 2.73. The van der Waals surface area contributed by atoms with Gasteiger partial charge in [0.15, 0.2) is 5.82 Å². The van der Waals surface area contributed by atoms with Crippen LogP contribution in [0.5, 0.6) is 5.75 Å². The molecule has 2 aromatic heterocycles. The van der Waals surface area contributed by atoms with Gasteiger partial charge in [0.1, 0.15) is 11.6 Å². The predicted octanol–water partition coefficient (Wildman–Crippen LogP) is 3.74. The van der Waals surface area contributed by atoms with E-state index in [9.17, 15) is 5.11 Å². The van der Waals surface area contributed by atoms with Crippen LogP contribution in [0.3, 0.4) is 0 Å². The van der Waals surface area contributed by atoms with E-state index in [1.807, 2.05) is 43.5 Å². The van der Waals surface area contributed by atoms with Gasteiger partial charge < -0.3 is 14.7 Å². The lowest BCUT2D eigenvalue weighted by molar-refractivity contribution is 0.0313. The molecule has 1 aromatic carbocycles. The van der Waals surface area contributed by atoms with Gasteiger partial charge in [0, 0.05) is 37.2 Å². The summed E-state index contributed by atoms with van der Waals surface area (Å²) >= 11 is 0. The van der Waals surface area contributed by atoms with E-state index >= 15 is 0 Å². The quantitative estimate of drug-likeness (QED) is 0.731. The molecule has 0 spiro atoms.